The van der Waals surface area contributed by atoms with E-state index in [-0.39, 0.29) is 28.3 Å². The zero-order valence-corrected chi connectivity index (χ0v) is 19.8. The molecule has 13 heteroatoms. The molecule has 1 aliphatic carbocycles. The molecule has 4 heterocycles. The van der Waals surface area contributed by atoms with Crippen LogP contribution in [0.3, 0.4) is 0 Å². The van der Waals surface area contributed by atoms with E-state index >= 15 is 0 Å². The molecule has 4 aliphatic rings. The number of thiazole rings is 1. The van der Waals surface area contributed by atoms with E-state index in [0.29, 0.717) is 17.9 Å². The number of carbonyl (C=O) groups is 3. The molecular formula is C21H24N6O5S2. The zero-order valence-electron chi connectivity index (χ0n) is 18.2. The minimum absolute atomic E-state index is 0.0204. The van der Waals surface area contributed by atoms with Crippen LogP contribution in [0, 0.1) is 0 Å². The van der Waals surface area contributed by atoms with E-state index in [1.54, 1.807) is 5.38 Å². The molecule has 2 atom stereocenters. The molecule has 0 unspecified atom stereocenters. The van der Waals surface area contributed by atoms with Crippen LogP contribution in [0.2, 0.25) is 0 Å². The number of aliphatic carboxylic acids is 1. The quantitative estimate of drug-likeness (QED) is 0.200. The van der Waals surface area contributed by atoms with Crippen LogP contribution in [0.25, 0.3) is 0 Å². The SMILES string of the molecule is Nc1nc(C(=NOC2CC2)C(=O)N[C@@H]2C(=O)N3C(C(=O)O)=C(CN4CC=CCC4)CS[C@H]23)cs1. The Bertz CT molecular complexity index is 1110. The van der Waals surface area contributed by atoms with Crippen LogP contribution in [-0.2, 0) is 19.2 Å². The lowest BCUT2D eigenvalue weighted by Gasteiger charge is -2.49. The number of anilines is 1. The summed E-state index contributed by atoms with van der Waals surface area (Å²) in [7, 11) is 0. The van der Waals surface area contributed by atoms with Gasteiger partial charge >= 0.3 is 5.97 Å². The van der Waals surface area contributed by atoms with Gasteiger partial charge in [0.15, 0.2) is 10.8 Å². The number of carboxylic acids is 1. The Kier molecular flexibility index (Phi) is 6.32. The van der Waals surface area contributed by atoms with Gasteiger partial charge in [-0.2, -0.15) is 0 Å². The lowest BCUT2D eigenvalue weighted by Crippen LogP contribution is -2.71. The number of β-lactam (4-membered cyclic amide) rings is 1. The van der Waals surface area contributed by atoms with Crippen LogP contribution < -0.4 is 11.1 Å². The molecule has 1 saturated heterocycles. The maximum atomic E-state index is 13.0. The van der Waals surface area contributed by atoms with Crippen molar-refractivity contribution >= 4 is 51.7 Å². The Morgan fingerprint density at radius 2 is 2.18 bits per heavy atom. The fourth-order valence-electron chi connectivity index (χ4n) is 4.02. The van der Waals surface area contributed by atoms with Crippen LogP contribution in [0.1, 0.15) is 25.0 Å². The highest BCUT2D eigenvalue weighted by atomic mass is 32.2. The van der Waals surface area contributed by atoms with E-state index in [1.807, 2.05) is 0 Å². The average Bonchev–Trinajstić information content (AvgIpc) is 3.56. The first-order valence-corrected chi connectivity index (χ1v) is 12.9. The van der Waals surface area contributed by atoms with Crippen LogP contribution in [-0.4, -0.2) is 86.3 Å². The molecule has 5 rings (SSSR count). The number of thioether (sulfide) groups is 1. The van der Waals surface area contributed by atoms with Gasteiger partial charge in [-0.05, 0) is 24.8 Å². The second kappa shape index (κ2) is 9.39. The predicted molar refractivity (Wildman–Crippen MR) is 127 cm³/mol. The van der Waals surface area contributed by atoms with E-state index in [4.69, 9.17) is 10.6 Å². The zero-order chi connectivity index (χ0) is 23.8. The topological polar surface area (TPSA) is 150 Å². The molecule has 0 radical (unpaired) electrons. The van der Waals surface area contributed by atoms with Crippen molar-refractivity contribution < 1.29 is 24.3 Å². The summed E-state index contributed by atoms with van der Waals surface area (Å²) >= 11 is 2.61. The summed E-state index contributed by atoms with van der Waals surface area (Å²) in [5, 5.41) is 17.9. The highest BCUT2D eigenvalue weighted by Gasteiger charge is 2.54. The molecule has 11 nitrogen and oxygen atoms in total. The Morgan fingerprint density at radius 3 is 2.82 bits per heavy atom. The molecule has 34 heavy (non-hydrogen) atoms. The number of rotatable bonds is 8. The van der Waals surface area contributed by atoms with Gasteiger partial charge in [0.25, 0.3) is 11.8 Å². The molecule has 1 aromatic heterocycles. The third kappa shape index (κ3) is 4.55. The van der Waals surface area contributed by atoms with Gasteiger partial charge in [0.05, 0.1) is 0 Å². The van der Waals surface area contributed by atoms with Crippen LogP contribution >= 0.6 is 23.1 Å². The van der Waals surface area contributed by atoms with Crippen molar-refractivity contribution in [2.24, 2.45) is 5.16 Å². The van der Waals surface area contributed by atoms with Gasteiger partial charge in [0, 0.05) is 30.8 Å². The van der Waals surface area contributed by atoms with Crippen LogP contribution in [0.15, 0.2) is 34.0 Å². The minimum atomic E-state index is -1.14. The number of hydrogen-bond donors (Lipinski definition) is 3. The number of carbonyl (C=O) groups excluding carboxylic acids is 2. The summed E-state index contributed by atoms with van der Waals surface area (Å²) in [5.74, 6) is -1.74. The molecule has 4 N–H and O–H groups in total. The van der Waals surface area contributed by atoms with Crippen molar-refractivity contribution in [1.82, 2.24) is 20.1 Å². The molecule has 0 aromatic carbocycles. The van der Waals surface area contributed by atoms with Crippen molar-refractivity contribution in [2.75, 3.05) is 31.1 Å². The van der Waals surface area contributed by atoms with Gasteiger partial charge in [-0.3, -0.25) is 19.4 Å². The van der Waals surface area contributed by atoms with Crippen molar-refractivity contribution in [3.8, 4) is 0 Å². The Hall–Kier alpha value is -2.90. The predicted octanol–water partition coefficient (Wildman–Crippen LogP) is 0.609. The van der Waals surface area contributed by atoms with E-state index in [1.165, 1.54) is 28.0 Å². The number of amides is 2. The van der Waals surface area contributed by atoms with Crippen molar-refractivity contribution in [3.05, 3.63) is 34.5 Å². The Morgan fingerprint density at radius 1 is 1.35 bits per heavy atom. The Labute approximate surface area is 203 Å². The summed E-state index contributed by atoms with van der Waals surface area (Å²) < 4.78 is 0. The van der Waals surface area contributed by atoms with Crippen molar-refractivity contribution in [1.29, 1.82) is 0 Å². The number of carboxylic acid groups (broad SMARTS) is 1. The first kappa shape index (κ1) is 22.9. The largest absolute Gasteiger partial charge is 0.477 e. The second-order valence-electron chi connectivity index (χ2n) is 8.43. The lowest BCUT2D eigenvalue weighted by atomic mass is 10.0. The normalized spacial score (nSPS) is 25.1. The number of hydrogen-bond acceptors (Lipinski definition) is 10. The van der Waals surface area contributed by atoms with Gasteiger partial charge in [0.1, 0.15) is 28.9 Å². The fraction of sp³-hybridized carbons (Fsp3) is 0.476. The summed E-state index contributed by atoms with van der Waals surface area (Å²) in [4.78, 5) is 51.0. The molecule has 1 saturated carbocycles. The first-order valence-electron chi connectivity index (χ1n) is 11.0. The maximum absolute atomic E-state index is 13.0. The maximum Gasteiger partial charge on any atom is 0.352 e. The number of aromatic nitrogens is 1. The number of nitrogens with one attached hydrogen (secondary N) is 1. The molecular weight excluding hydrogens is 480 g/mol. The number of nitrogens with two attached hydrogens (primary N) is 1. The monoisotopic (exact) mass is 504 g/mol. The summed E-state index contributed by atoms with van der Waals surface area (Å²) in [6.07, 6.45) is 6.80. The summed E-state index contributed by atoms with van der Waals surface area (Å²) in [6.45, 7) is 2.09. The number of fused-ring (bicyclic) bond motifs is 1. The number of nitrogens with zero attached hydrogens (tertiary/aromatic N) is 4. The number of nitrogen functional groups attached to an aromatic ring is 1. The Balaban J connectivity index is 1.31. The van der Waals surface area contributed by atoms with Gasteiger partial charge < -0.3 is 21.0 Å². The van der Waals surface area contributed by atoms with Gasteiger partial charge in [-0.1, -0.05) is 17.3 Å². The van der Waals surface area contributed by atoms with Crippen LogP contribution in [0.4, 0.5) is 5.13 Å². The molecule has 2 fully saturated rings. The summed E-state index contributed by atoms with van der Waals surface area (Å²) in [5.41, 5.74) is 6.65. The first-order chi connectivity index (χ1) is 16.4. The average molecular weight is 505 g/mol. The van der Waals surface area contributed by atoms with E-state index in [0.717, 1.165) is 32.4 Å². The third-order valence-electron chi connectivity index (χ3n) is 5.89. The van der Waals surface area contributed by atoms with E-state index < -0.39 is 29.2 Å². The fourth-order valence-corrected chi connectivity index (χ4v) is 5.90. The van der Waals surface area contributed by atoms with Gasteiger partial charge in [0.2, 0.25) is 0 Å². The van der Waals surface area contributed by atoms with Crippen molar-refractivity contribution in [3.63, 3.8) is 0 Å². The van der Waals surface area contributed by atoms with Crippen molar-refractivity contribution in [2.45, 2.75) is 36.8 Å². The molecule has 2 amide bonds. The molecule has 0 spiro atoms. The third-order valence-corrected chi connectivity index (χ3v) is 7.90. The van der Waals surface area contributed by atoms with E-state index in [2.05, 4.69) is 32.5 Å². The second-order valence-corrected chi connectivity index (χ2v) is 10.4. The van der Waals surface area contributed by atoms with Crippen LogP contribution in [0.5, 0.6) is 0 Å². The molecule has 1 aromatic rings. The summed E-state index contributed by atoms with van der Waals surface area (Å²) in [6, 6.07) is -0.867. The highest BCUT2D eigenvalue weighted by molar-refractivity contribution is 8.00. The van der Waals surface area contributed by atoms with Gasteiger partial charge in [-0.15, -0.1) is 23.1 Å². The minimum Gasteiger partial charge on any atom is -0.477 e. The smallest absolute Gasteiger partial charge is 0.352 e. The molecule has 3 aliphatic heterocycles. The molecule has 0 bridgehead atoms. The number of oxime groups is 1. The molecule has 180 valence electrons. The lowest BCUT2D eigenvalue weighted by molar-refractivity contribution is -0.150. The highest BCUT2D eigenvalue weighted by Crippen LogP contribution is 2.40. The van der Waals surface area contributed by atoms with Gasteiger partial charge in [-0.25, -0.2) is 9.78 Å². The standard InChI is InChI=1S/C21H24N6O5S2/c22-21-23-13(10-34-21)14(25-32-12-4-5-12)17(28)24-15-18(29)27-16(20(30)31)11(9-33-19(15)27)8-26-6-2-1-3-7-26/h1-2,10,12,15,19H,3-9H2,(H2,22,23)(H,24,28)(H,30,31)/t15-,19-/m1/s1. The van der Waals surface area contributed by atoms with E-state index in [9.17, 15) is 19.5 Å².